The van der Waals surface area contributed by atoms with Crippen LogP contribution in [0.5, 0.6) is 17.2 Å². The molecular weight excluding hydrogens is 703 g/mol. The maximum atomic E-state index is 13.2. The molecule has 3 aromatic rings. The van der Waals surface area contributed by atoms with E-state index in [4.69, 9.17) is 9.47 Å². The van der Waals surface area contributed by atoms with Crippen molar-refractivity contribution in [2.24, 2.45) is 11.8 Å². The van der Waals surface area contributed by atoms with Crippen LogP contribution in [0.2, 0.25) is 0 Å². The van der Waals surface area contributed by atoms with Crippen LogP contribution < -0.4 is 24.8 Å². The largest absolute Gasteiger partial charge is 0.573 e. The van der Waals surface area contributed by atoms with Gasteiger partial charge in [0.25, 0.3) is 0 Å². The van der Waals surface area contributed by atoms with Gasteiger partial charge in [-0.3, -0.25) is 4.79 Å². The number of nitrogens with one attached hydrogen (secondary N) is 2. The summed E-state index contributed by atoms with van der Waals surface area (Å²) in [4.78, 5) is 25.3. The third-order valence-corrected chi connectivity index (χ3v) is 8.17. The molecule has 1 saturated carbocycles. The fraction of sp³-hybridized carbons (Fsp3) is 0.412. The molecule has 0 aromatic heterocycles. The minimum absolute atomic E-state index is 0.115. The summed E-state index contributed by atoms with van der Waals surface area (Å²) in [7, 11) is 1.31. The third-order valence-electron chi connectivity index (χ3n) is 8.17. The molecule has 0 aliphatic heterocycles. The molecule has 4 rings (SSSR count). The standard InChI is InChI=1S/C34H33F9N2O6/c1-48-29(46)28-11-3-2-6-22(28)19-49-25-14-12-21(13-15-25)18-31(45-30(47)44-20-32(35,36)37,23-7-4-9-26(16-23)50-33(38,39)40)24-8-5-10-27(17-24)51-34(41,42)43/h4-5,7-10,12-17,22,28H,2-3,6,11,18-20H2,1H3,(H2,44,45,47). The summed E-state index contributed by atoms with van der Waals surface area (Å²) in [6, 6.07) is 12.9. The Morgan fingerprint density at radius 2 is 1.29 bits per heavy atom. The van der Waals surface area contributed by atoms with E-state index in [0.29, 0.717) is 17.7 Å². The fourth-order valence-corrected chi connectivity index (χ4v) is 5.98. The molecule has 2 amide bonds. The molecule has 17 heteroatoms. The highest BCUT2D eigenvalue weighted by atomic mass is 19.4. The monoisotopic (exact) mass is 736 g/mol. The van der Waals surface area contributed by atoms with Crippen LogP contribution in [0.1, 0.15) is 42.4 Å². The molecular formula is C34H33F9N2O6. The first-order valence-corrected chi connectivity index (χ1v) is 15.5. The highest BCUT2D eigenvalue weighted by Gasteiger charge is 2.40. The molecule has 2 atom stereocenters. The number of hydrogen-bond acceptors (Lipinski definition) is 6. The number of hydrogen-bond donors (Lipinski definition) is 2. The van der Waals surface area contributed by atoms with Crippen LogP contribution in [-0.4, -0.2) is 51.2 Å². The minimum Gasteiger partial charge on any atom is -0.493 e. The molecule has 0 heterocycles. The lowest BCUT2D eigenvalue weighted by Gasteiger charge is -2.37. The number of rotatable bonds is 12. The van der Waals surface area contributed by atoms with Crippen LogP contribution in [0, 0.1) is 11.8 Å². The van der Waals surface area contributed by atoms with Crippen LogP contribution in [0.15, 0.2) is 72.8 Å². The Morgan fingerprint density at radius 3 is 1.80 bits per heavy atom. The molecule has 0 spiro atoms. The van der Waals surface area contributed by atoms with Crippen molar-refractivity contribution in [1.29, 1.82) is 0 Å². The fourth-order valence-electron chi connectivity index (χ4n) is 5.98. The van der Waals surface area contributed by atoms with Crippen LogP contribution >= 0.6 is 0 Å². The number of benzene rings is 3. The van der Waals surface area contributed by atoms with Crippen molar-refractivity contribution in [3.63, 3.8) is 0 Å². The van der Waals surface area contributed by atoms with Gasteiger partial charge < -0.3 is 29.6 Å². The molecule has 1 fully saturated rings. The molecule has 1 aliphatic carbocycles. The Kier molecular flexibility index (Phi) is 12.2. The summed E-state index contributed by atoms with van der Waals surface area (Å²) >= 11 is 0. The summed E-state index contributed by atoms with van der Waals surface area (Å²) in [5.74, 6) is -1.99. The van der Waals surface area contributed by atoms with Gasteiger partial charge in [-0.15, -0.1) is 26.3 Å². The first-order valence-electron chi connectivity index (χ1n) is 15.5. The van der Waals surface area contributed by atoms with E-state index in [1.54, 1.807) is 5.32 Å². The average molecular weight is 737 g/mol. The first-order chi connectivity index (χ1) is 23.9. The van der Waals surface area contributed by atoms with E-state index in [1.165, 1.54) is 43.5 Å². The number of esters is 1. The van der Waals surface area contributed by atoms with Crippen LogP contribution in [0.3, 0.4) is 0 Å². The summed E-state index contributed by atoms with van der Waals surface area (Å²) < 4.78 is 137. The highest BCUT2D eigenvalue weighted by molar-refractivity contribution is 5.76. The quantitative estimate of drug-likeness (QED) is 0.144. The second-order valence-electron chi connectivity index (χ2n) is 11.8. The zero-order valence-corrected chi connectivity index (χ0v) is 26.9. The number of amides is 2. The van der Waals surface area contributed by atoms with Crippen LogP contribution in [0.25, 0.3) is 0 Å². The van der Waals surface area contributed by atoms with Crippen molar-refractivity contribution in [3.8, 4) is 17.2 Å². The van der Waals surface area contributed by atoms with E-state index in [9.17, 15) is 49.1 Å². The maximum absolute atomic E-state index is 13.2. The van der Waals surface area contributed by atoms with E-state index in [-0.39, 0.29) is 35.5 Å². The summed E-state index contributed by atoms with van der Waals surface area (Å²) in [6.45, 7) is -1.62. The van der Waals surface area contributed by atoms with Gasteiger partial charge in [0.05, 0.1) is 25.2 Å². The van der Waals surface area contributed by atoms with Crippen LogP contribution in [0.4, 0.5) is 44.3 Å². The molecule has 51 heavy (non-hydrogen) atoms. The predicted octanol–water partition coefficient (Wildman–Crippen LogP) is 8.19. The number of alkyl halides is 9. The number of halogens is 9. The van der Waals surface area contributed by atoms with Gasteiger partial charge in [0.1, 0.15) is 23.8 Å². The summed E-state index contributed by atoms with van der Waals surface area (Å²) in [5, 5.41) is 4.00. The lowest BCUT2D eigenvalue weighted by Crippen LogP contribution is -2.53. The van der Waals surface area contributed by atoms with Crippen molar-refractivity contribution in [2.45, 2.75) is 56.5 Å². The zero-order chi connectivity index (χ0) is 37.5. The number of ether oxygens (including phenoxy) is 4. The zero-order valence-electron chi connectivity index (χ0n) is 26.9. The Hall–Kier alpha value is -4.83. The molecule has 0 saturated heterocycles. The third kappa shape index (κ3) is 11.6. The lowest BCUT2D eigenvalue weighted by molar-refractivity contribution is -0.275. The Morgan fingerprint density at radius 1 is 0.745 bits per heavy atom. The SMILES string of the molecule is COC(=O)C1CCCCC1COc1ccc(CC(NC(=O)NCC(F)(F)F)(c2cccc(OC(F)(F)F)c2)c2cccc(OC(F)(F)F)c2)cc1. The van der Waals surface area contributed by atoms with Gasteiger partial charge in [-0.05, 0) is 65.9 Å². The average Bonchev–Trinajstić information content (AvgIpc) is 3.05. The van der Waals surface area contributed by atoms with Gasteiger partial charge in [0.15, 0.2) is 0 Å². The number of carbonyl (C=O) groups excluding carboxylic acids is 2. The molecule has 2 unspecified atom stereocenters. The molecule has 3 aromatic carbocycles. The second-order valence-corrected chi connectivity index (χ2v) is 11.8. The Bertz CT molecular complexity index is 1570. The smallest absolute Gasteiger partial charge is 0.493 e. The van der Waals surface area contributed by atoms with E-state index < -0.39 is 54.9 Å². The normalized spacial score (nSPS) is 16.9. The second kappa shape index (κ2) is 16.0. The van der Waals surface area contributed by atoms with Gasteiger partial charge in [0, 0.05) is 12.3 Å². The number of methoxy groups -OCH3 is 1. The highest BCUT2D eigenvalue weighted by Crippen LogP contribution is 2.39. The van der Waals surface area contributed by atoms with Crippen molar-refractivity contribution >= 4 is 12.0 Å². The van der Waals surface area contributed by atoms with Crippen molar-refractivity contribution in [2.75, 3.05) is 20.3 Å². The molecule has 0 bridgehead atoms. The van der Waals surface area contributed by atoms with Crippen molar-refractivity contribution in [1.82, 2.24) is 10.6 Å². The molecule has 2 N–H and O–H groups in total. The predicted molar refractivity (Wildman–Crippen MR) is 163 cm³/mol. The maximum Gasteiger partial charge on any atom is 0.573 e. The van der Waals surface area contributed by atoms with E-state index >= 15 is 0 Å². The van der Waals surface area contributed by atoms with Gasteiger partial charge in [-0.2, -0.15) is 13.2 Å². The van der Waals surface area contributed by atoms with E-state index in [0.717, 1.165) is 55.7 Å². The Balaban J connectivity index is 1.76. The molecule has 278 valence electrons. The number of urea groups is 1. The molecule has 8 nitrogen and oxygen atoms in total. The van der Waals surface area contributed by atoms with Crippen molar-refractivity contribution < 1.29 is 68.1 Å². The van der Waals surface area contributed by atoms with Crippen molar-refractivity contribution in [3.05, 3.63) is 89.5 Å². The van der Waals surface area contributed by atoms with Gasteiger partial charge >= 0.3 is 30.9 Å². The summed E-state index contributed by atoms with van der Waals surface area (Å²) in [6.07, 6.45) is -12.4. The van der Waals surface area contributed by atoms with E-state index in [2.05, 4.69) is 14.8 Å². The van der Waals surface area contributed by atoms with Gasteiger partial charge in [0.2, 0.25) is 0 Å². The van der Waals surface area contributed by atoms with E-state index in [1.807, 2.05) is 0 Å². The molecule has 1 aliphatic rings. The lowest BCUT2D eigenvalue weighted by atomic mass is 9.77. The Labute approximate surface area is 286 Å². The molecule has 0 radical (unpaired) electrons. The summed E-state index contributed by atoms with van der Waals surface area (Å²) in [5.41, 5.74) is -2.18. The number of carbonyl (C=O) groups is 2. The minimum atomic E-state index is -5.16. The van der Waals surface area contributed by atoms with Gasteiger partial charge in [-0.1, -0.05) is 49.2 Å². The van der Waals surface area contributed by atoms with Crippen LogP contribution in [-0.2, 0) is 21.5 Å². The topological polar surface area (TPSA) is 95.1 Å². The van der Waals surface area contributed by atoms with Gasteiger partial charge in [-0.25, -0.2) is 4.79 Å². The first kappa shape index (κ1) is 39.0.